The van der Waals surface area contributed by atoms with Gasteiger partial charge in [-0.25, -0.2) is 0 Å². The highest BCUT2D eigenvalue weighted by Crippen LogP contribution is 2.41. The number of carbonyl (C=O) groups is 2. The minimum atomic E-state index is -0.854. The molecule has 4 rings (SSSR count). The normalized spacial score (nSPS) is 17.4. The van der Waals surface area contributed by atoms with E-state index in [2.05, 4.69) is 4.98 Å². The molecule has 1 amide bonds. The van der Waals surface area contributed by atoms with Crippen molar-refractivity contribution in [2.75, 3.05) is 14.2 Å². The van der Waals surface area contributed by atoms with Gasteiger partial charge in [-0.05, 0) is 42.0 Å². The van der Waals surface area contributed by atoms with E-state index >= 15 is 0 Å². The number of Topliss-reactive ketones (excluding diaryl/α,β-unsaturated/α-hetero) is 1. The first kappa shape index (κ1) is 21.1. The Bertz CT molecular complexity index is 1190. The minimum absolute atomic E-state index is 0.0268. The second kappa shape index (κ2) is 8.93. The lowest BCUT2D eigenvalue weighted by Gasteiger charge is -2.25. The highest BCUT2D eigenvalue weighted by molar-refractivity contribution is 6.46. The number of likely N-dealkylation sites (tertiary alicyclic amines) is 1. The average molecular weight is 430 g/mol. The maximum absolute atomic E-state index is 13.1. The molecule has 1 fully saturated rings. The molecule has 1 unspecified atom stereocenters. The van der Waals surface area contributed by atoms with Crippen LogP contribution in [0, 0.1) is 0 Å². The summed E-state index contributed by atoms with van der Waals surface area (Å²) < 4.78 is 10.6. The number of aliphatic hydroxyl groups excluding tert-OH is 1. The molecule has 7 heteroatoms. The van der Waals surface area contributed by atoms with E-state index in [1.807, 2.05) is 12.1 Å². The first-order valence-electron chi connectivity index (χ1n) is 10.0. The Morgan fingerprint density at radius 3 is 2.50 bits per heavy atom. The Morgan fingerprint density at radius 1 is 1.00 bits per heavy atom. The zero-order chi connectivity index (χ0) is 22.7. The number of para-hydroxylation sites is 1. The van der Waals surface area contributed by atoms with Crippen molar-refractivity contribution in [1.82, 2.24) is 9.88 Å². The number of hydrogen-bond donors (Lipinski definition) is 1. The van der Waals surface area contributed by atoms with Gasteiger partial charge in [-0.1, -0.05) is 30.3 Å². The largest absolute Gasteiger partial charge is 0.507 e. The van der Waals surface area contributed by atoms with E-state index in [0.717, 1.165) is 5.56 Å². The van der Waals surface area contributed by atoms with Gasteiger partial charge in [0.2, 0.25) is 0 Å². The quantitative estimate of drug-likeness (QED) is 0.364. The van der Waals surface area contributed by atoms with Crippen LogP contribution in [0.4, 0.5) is 0 Å². The van der Waals surface area contributed by atoms with E-state index in [0.29, 0.717) is 22.8 Å². The van der Waals surface area contributed by atoms with Crippen molar-refractivity contribution >= 4 is 17.4 Å². The standard InChI is InChI=1S/C25H22N2O5/c1-31-17-9-7-8-16(14-17)15-27-22(19-11-5-6-13-26-19)21(24(29)25(27)30)23(28)18-10-3-4-12-20(18)32-2/h3-14,22,28H,15H2,1-2H3/b23-21-. The van der Waals surface area contributed by atoms with E-state index in [1.165, 1.54) is 12.0 Å². The third-order valence-electron chi connectivity index (χ3n) is 5.36. The molecule has 1 N–H and O–H groups in total. The van der Waals surface area contributed by atoms with Gasteiger partial charge in [0.1, 0.15) is 23.3 Å². The smallest absolute Gasteiger partial charge is 0.296 e. The molecule has 32 heavy (non-hydrogen) atoms. The van der Waals surface area contributed by atoms with Crippen LogP contribution >= 0.6 is 0 Å². The van der Waals surface area contributed by atoms with E-state index < -0.39 is 17.7 Å². The molecule has 0 radical (unpaired) electrons. The summed E-state index contributed by atoms with van der Waals surface area (Å²) in [5.41, 5.74) is 1.56. The second-order valence-corrected chi connectivity index (χ2v) is 7.23. The molecule has 162 valence electrons. The maximum atomic E-state index is 13.1. The number of amides is 1. The van der Waals surface area contributed by atoms with Crippen LogP contribution in [-0.2, 0) is 16.1 Å². The van der Waals surface area contributed by atoms with Crippen LogP contribution in [0.5, 0.6) is 11.5 Å². The lowest BCUT2D eigenvalue weighted by atomic mass is 9.97. The van der Waals surface area contributed by atoms with Crippen molar-refractivity contribution in [2.24, 2.45) is 0 Å². The van der Waals surface area contributed by atoms with Gasteiger partial charge in [0.25, 0.3) is 11.7 Å². The van der Waals surface area contributed by atoms with Crippen LogP contribution < -0.4 is 9.47 Å². The Balaban J connectivity index is 1.86. The Kier molecular flexibility index (Phi) is 5.89. The predicted molar refractivity (Wildman–Crippen MR) is 118 cm³/mol. The van der Waals surface area contributed by atoms with Gasteiger partial charge in [0.15, 0.2) is 0 Å². The fourth-order valence-corrected chi connectivity index (χ4v) is 3.84. The number of methoxy groups -OCH3 is 2. The molecule has 3 aromatic rings. The zero-order valence-electron chi connectivity index (χ0n) is 17.7. The molecule has 2 heterocycles. The number of pyridine rings is 1. The number of nitrogens with zero attached hydrogens (tertiary/aromatic N) is 2. The van der Waals surface area contributed by atoms with Gasteiger partial charge in [0, 0.05) is 12.7 Å². The summed E-state index contributed by atoms with van der Waals surface area (Å²) in [6.45, 7) is 0.145. The number of rotatable bonds is 6. The molecule has 1 aromatic heterocycles. The highest BCUT2D eigenvalue weighted by Gasteiger charge is 2.47. The van der Waals surface area contributed by atoms with Gasteiger partial charge in [-0.2, -0.15) is 0 Å². The van der Waals surface area contributed by atoms with E-state index in [1.54, 1.807) is 67.9 Å². The first-order chi connectivity index (χ1) is 15.5. The molecule has 0 saturated carbocycles. The lowest BCUT2D eigenvalue weighted by Crippen LogP contribution is -2.29. The summed E-state index contributed by atoms with van der Waals surface area (Å²) in [5, 5.41) is 11.2. The molecule has 1 aliphatic rings. The van der Waals surface area contributed by atoms with E-state index in [4.69, 9.17) is 9.47 Å². The Morgan fingerprint density at radius 2 is 1.78 bits per heavy atom. The number of benzene rings is 2. The monoisotopic (exact) mass is 430 g/mol. The molecule has 2 aromatic carbocycles. The van der Waals surface area contributed by atoms with Gasteiger partial charge in [0.05, 0.1) is 31.1 Å². The molecule has 7 nitrogen and oxygen atoms in total. The minimum Gasteiger partial charge on any atom is -0.507 e. The third kappa shape index (κ3) is 3.80. The number of ketones is 1. The van der Waals surface area contributed by atoms with Crippen molar-refractivity contribution < 1.29 is 24.2 Å². The van der Waals surface area contributed by atoms with Crippen molar-refractivity contribution in [3.8, 4) is 11.5 Å². The average Bonchev–Trinajstić information content (AvgIpc) is 3.09. The van der Waals surface area contributed by atoms with Crippen molar-refractivity contribution in [1.29, 1.82) is 0 Å². The van der Waals surface area contributed by atoms with Gasteiger partial charge < -0.3 is 19.5 Å². The number of carbonyl (C=O) groups excluding carboxylic acids is 2. The zero-order valence-corrected chi connectivity index (χ0v) is 17.7. The van der Waals surface area contributed by atoms with Crippen molar-refractivity contribution in [3.05, 3.63) is 95.3 Å². The molecular formula is C25H22N2O5. The van der Waals surface area contributed by atoms with E-state index in [9.17, 15) is 14.7 Å². The molecule has 0 spiro atoms. The van der Waals surface area contributed by atoms with Crippen LogP contribution in [-0.4, -0.2) is 40.9 Å². The van der Waals surface area contributed by atoms with Crippen LogP contribution in [0.1, 0.15) is 22.9 Å². The summed E-state index contributed by atoms with van der Waals surface area (Å²) >= 11 is 0. The number of ether oxygens (including phenoxy) is 2. The summed E-state index contributed by atoms with van der Waals surface area (Å²) in [4.78, 5) is 32.0. The fraction of sp³-hybridized carbons (Fsp3) is 0.160. The lowest BCUT2D eigenvalue weighted by molar-refractivity contribution is -0.140. The maximum Gasteiger partial charge on any atom is 0.296 e. The number of hydrogen-bond acceptors (Lipinski definition) is 6. The van der Waals surface area contributed by atoms with Crippen LogP contribution in [0.3, 0.4) is 0 Å². The fourth-order valence-electron chi connectivity index (χ4n) is 3.84. The predicted octanol–water partition coefficient (Wildman–Crippen LogP) is 3.72. The Hall–Kier alpha value is -4.13. The van der Waals surface area contributed by atoms with Gasteiger partial charge >= 0.3 is 0 Å². The summed E-state index contributed by atoms with van der Waals surface area (Å²) in [5.74, 6) is -0.747. The van der Waals surface area contributed by atoms with Crippen molar-refractivity contribution in [3.63, 3.8) is 0 Å². The topological polar surface area (TPSA) is 89.0 Å². The van der Waals surface area contributed by atoms with Crippen LogP contribution in [0.15, 0.2) is 78.5 Å². The van der Waals surface area contributed by atoms with Crippen molar-refractivity contribution in [2.45, 2.75) is 12.6 Å². The summed E-state index contributed by atoms with van der Waals surface area (Å²) in [7, 11) is 3.04. The summed E-state index contributed by atoms with van der Waals surface area (Å²) in [6.07, 6.45) is 1.59. The number of aliphatic hydroxyl groups is 1. The Labute approximate surface area is 185 Å². The van der Waals surface area contributed by atoms with Gasteiger partial charge in [-0.3, -0.25) is 14.6 Å². The first-order valence-corrected chi connectivity index (χ1v) is 10.0. The third-order valence-corrected chi connectivity index (χ3v) is 5.36. The molecule has 1 aliphatic heterocycles. The molecule has 0 aliphatic carbocycles. The summed E-state index contributed by atoms with van der Waals surface area (Å²) in [6, 6.07) is 18.5. The van der Waals surface area contributed by atoms with Crippen LogP contribution in [0.2, 0.25) is 0 Å². The molecule has 1 saturated heterocycles. The number of aromatic nitrogens is 1. The molecular weight excluding hydrogens is 408 g/mol. The van der Waals surface area contributed by atoms with Gasteiger partial charge in [-0.15, -0.1) is 0 Å². The second-order valence-electron chi connectivity index (χ2n) is 7.23. The molecule has 0 bridgehead atoms. The van der Waals surface area contributed by atoms with Crippen LogP contribution in [0.25, 0.3) is 5.76 Å². The van der Waals surface area contributed by atoms with E-state index in [-0.39, 0.29) is 17.9 Å². The SMILES string of the molecule is COc1cccc(CN2C(=O)C(=O)/C(=C(\O)c3ccccc3OC)C2c2ccccn2)c1. The highest BCUT2D eigenvalue weighted by atomic mass is 16.5. The molecule has 1 atom stereocenters.